The predicted octanol–water partition coefficient (Wildman–Crippen LogP) is 3.92. The Bertz CT molecular complexity index is 556. The number of carbonyl (C=O) groups excluding carboxylic acids is 1. The molecule has 0 saturated carbocycles. The van der Waals surface area contributed by atoms with Crippen LogP contribution in [-0.2, 0) is 6.54 Å². The van der Waals surface area contributed by atoms with E-state index >= 15 is 0 Å². The van der Waals surface area contributed by atoms with Crippen LogP contribution in [0.5, 0.6) is 0 Å². The van der Waals surface area contributed by atoms with E-state index in [2.05, 4.69) is 15.9 Å². The second-order valence-corrected chi connectivity index (χ2v) is 5.81. The van der Waals surface area contributed by atoms with Crippen LogP contribution in [0.2, 0.25) is 0 Å². The number of benzene rings is 1. The van der Waals surface area contributed by atoms with Gasteiger partial charge >= 0.3 is 0 Å². The topological polar surface area (TPSA) is 20.3 Å². The Labute approximate surface area is 117 Å². The lowest BCUT2D eigenvalue weighted by molar-refractivity contribution is 0.0782. The van der Waals surface area contributed by atoms with Crippen molar-refractivity contribution in [3.8, 4) is 0 Å². The van der Waals surface area contributed by atoms with Crippen molar-refractivity contribution in [3.63, 3.8) is 0 Å². The fourth-order valence-corrected chi connectivity index (χ4v) is 2.67. The molecule has 18 heavy (non-hydrogen) atoms. The quantitative estimate of drug-likeness (QED) is 0.836. The van der Waals surface area contributed by atoms with Crippen LogP contribution in [0, 0.1) is 5.82 Å². The molecular formula is C13H11BrFNOS. The first-order valence-electron chi connectivity index (χ1n) is 5.31. The largest absolute Gasteiger partial charge is 0.336 e. The van der Waals surface area contributed by atoms with Crippen molar-refractivity contribution in [1.29, 1.82) is 0 Å². The minimum atomic E-state index is -0.507. The van der Waals surface area contributed by atoms with Crippen LogP contribution in [-0.4, -0.2) is 17.9 Å². The number of nitrogens with zero attached hydrogens (tertiary/aromatic N) is 1. The molecule has 0 radical (unpaired) electrons. The van der Waals surface area contributed by atoms with E-state index in [1.54, 1.807) is 24.5 Å². The smallest absolute Gasteiger partial charge is 0.256 e. The second kappa shape index (κ2) is 5.63. The lowest BCUT2D eigenvalue weighted by Gasteiger charge is -2.16. The number of amides is 1. The number of hydrogen-bond donors (Lipinski definition) is 0. The molecule has 1 aromatic heterocycles. The number of hydrogen-bond acceptors (Lipinski definition) is 2. The molecule has 0 aliphatic carbocycles. The Morgan fingerprint density at radius 3 is 2.83 bits per heavy atom. The molecule has 0 N–H and O–H groups in total. The summed E-state index contributed by atoms with van der Waals surface area (Å²) >= 11 is 4.74. The SMILES string of the molecule is CN(Cc1cccs1)C(=O)c1ccc(Br)cc1F. The summed E-state index contributed by atoms with van der Waals surface area (Å²) in [7, 11) is 1.67. The van der Waals surface area contributed by atoms with E-state index in [9.17, 15) is 9.18 Å². The van der Waals surface area contributed by atoms with Gasteiger partial charge in [0.25, 0.3) is 5.91 Å². The van der Waals surface area contributed by atoms with Crippen molar-refractivity contribution in [2.45, 2.75) is 6.54 Å². The number of carbonyl (C=O) groups is 1. The summed E-state index contributed by atoms with van der Waals surface area (Å²) in [6, 6.07) is 8.33. The predicted molar refractivity (Wildman–Crippen MR) is 74.2 cm³/mol. The first-order valence-corrected chi connectivity index (χ1v) is 6.98. The van der Waals surface area contributed by atoms with E-state index in [-0.39, 0.29) is 11.5 Å². The number of rotatable bonds is 3. The molecule has 5 heteroatoms. The van der Waals surface area contributed by atoms with Gasteiger partial charge in [0.15, 0.2) is 0 Å². The van der Waals surface area contributed by atoms with Gasteiger partial charge in [0.1, 0.15) is 5.82 Å². The molecule has 0 aliphatic heterocycles. The maximum Gasteiger partial charge on any atom is 0.256 e. The van der Waals surface area contributed by atoms with Gasteiger partial charge in [-0.1, -0.05) is 22.0 Å². The van der Waals surface area contributed by atoms with Gasteiger partial charge in [-0.3, -0.25) is 4.79 Å². The third-order valence-electron chi connectivity index (χ3n) is 2.48. The molecule has 2 nitrogen and oxygen atoms in total. The molecule has 2 aromatic rings. The Kier molecular flexibility index (Phi) is 4.14. The zero-order chi connectivity index (χ0) is 13.1. The van der Waals surface area contributed by atoms with Crippen LogP contribution >= 0.6 is 27.3 Å². The number of halogens is 2. The summed E-state index contributed by atoms with van der Waals surface area (Å²) in [5.74, 6) is -0.819. The van der Waals surface area contributed by atoms with Crippen LogP contribution < -0.4 is 0 Å². The van der Waals surface area contributed by atoms with E-state index in [1.807, 2.05) is 17.5 Å². The number of thiophene rings is 1. The zero-order valence-corrected chi connectivity index (χ0v) is 12.1. The summed E-state index contributed by atoms with van der Waals surface area (Å²) in [5, 5.41) is 1.95. The maximum atomic E-state index is 13.7. The fraction of sp³-hybridized carbons (Fsp3) is 0.154. The Balaban J connectivity index is 2.15. The zero-order valence-electron chi connectivity index (χ0n) is 9.69. The van der Waals surface area contributed by atoms with Gasteiger partial charge in [-0.2, -0.15) is 0 Å². The van der Waals surface area contributed by atoms with Crippen molar-refractivity contribution in [2.24, 2.45) is 0 Å². The Hall–Kier alpha value is -1.20. The van der Waals surface area contributed by atoms with Crippen LogP contribution in [0.1, 0.15) is 15.2 Å². The molecule has 0 aliphatic rings. The first kappa shape index (κ1) is 13.2. The lowest BCUT2D eigenvalue weighted by Crippen LogP contribution is -2.26. The maximum absolute atomic E-state index is 13.7. The monoisotopic (exact) mass is 327 g/mol. The molecule has 1 amide bonds. The molecule has 0 atom stereocenters. The molecule has 0 spiro atoms. The van der Waals surface area contributed by atoms with E-state index in [0.29, 0.717) is 11.0 Å². The molecular weight excluding hydrogens is 317 g/mol. The van der Waals surface area contributed by atoms with E-state index in [4.69, 9.17) is 0 Å². The summed E-state index contributed by atoms with van der Waals surface area (Å²) < 4.78 is 14.3. The van der Waals surface area contributed by atoms with Crippen LogP contribution in [0.15, 0.2) is 40.2 Å². The van der Waals surface area contributed by atoms with Crippen molar-refractivity contribution >= 4 is 33.2 Å². The molecule has 0 unspecified atom stereocenters. The first-order chi connectivity index (χ1) is 8.58. The summed E-state index contributed by atoms with van der Waals surface area (Å²) in [4.78, 5) is 14.7. The molecule has 1 heterocycles. The summed E-state index contributed by atoms with van der Waals surface area (Å²) in [6.07, 6.45) is 0. The van der Waals surface area contributed by atoms with E-state index < -0.39 is 5.82 Å². The van der Waals surface area contributed by atoms with Crippen LogP contribution in [0.4, 0.5) is 4.39 Å². The van der Waals surface area contributed by atoms with Gasteiger partial charge in [-0.25, -0.2) is 4.39 Å². The van der Waals surface area contributed by atoms with Gasteiger partial charge in [0.05, 0.1) is 12.1 Å². The third kappa shape index (κ3) is 2.97. The summed E-state index contributed by atoms with van der Waals surface area (Å²) in [6.45, 7) is 0.492. The van der Waals surface area contributed by atoms with Gasteiger partial charge in [-0.15, -0.1) is 11.3 Å². The fourth-order valence-electron chi connectivity index (χ4n) is 1.58. The van der Waals surface area contributed by atoms with Gasteiger partial charge in [-0.05, 0) is 29.6 Å². The molecule has 0 saturated heterocycles. The lowest BCUT2D eigenvalue weighted by atomic mass is 10.2. The van der Waals surface area contributed by atoms with Gasteiger partial charge < -0.3 is 4.90 Å². The Morgan fingerprint density at radius 2 is 2.22 bits per heavy atom. The molecule has 94 valence electrons. The Morgan fingerprint density at radius 1 is 1.44 bits per heavy atom. The van der Waals surface area contributed by atoms with Crippen molar-refractivity contribution in [1.82, 2.24) is 4.90 Å². The molecule has 1 aromatic carbocycles. The minimum Gasteiger partial charge on any atom is -0.336 e. The molecule has 0 bridgehead atoms. The van der Waals surface area contributed by atoms with Crippen molar-refractivity contribution in [3.05, 3.63) is 56.4 Å². The highest BCUT2D eigenvalue weighted by atomic mass is 79.9. The van der Waals surface area contributed by atoms with Crippen molar-refractivity contribution < 1.29 is 9.18 Å². The third-order valence-corrected chi connectivity index (χ3v) is 3.84. The summed E-state index contributed by atoms with van der Waals surface area (Å²) in [5.41, 5.74) is 0.0947. The van der Waals surface area contributed by atoms with Crippen LogP contribution in [0.25, 0.3) is 0 Å². The minimum absolute atomic E-state index is 0.0947. The van der Waals surface area contributed by atoms with Crippen LogP contribution in [0.3, 0.4) is 0 Å². The van der Waals surface area contributed by atoms with Crippen molar-refractivity contribution in [2.75, 3.05) is 7.05 Å². The average molecular weight is 328 g/mol. The second-order valence-electron chi connectivity index (χ2n) is 3.86. The highest BCUT2D eigenvalue weighted by Crippen LogP contribution is 2.18. The highest BCUT2D eigenvalue weighted by molar-refractivity contribution is 9.10. The van der Waals surface area contributed by atoms with E-state index in [0.717, 1.165) is 4.88 Å². The van der Waals surface area contributed by atoms with E-state index in [1.165, 1.54) is 17.0 Å². The van der Waals surface area contributed by atoms with Gasteiger partial charge in [0.2, 0.25) is 0 Å². The molecule has 0 fully saturated rings. The standard InChI is InChI=1S/C13H11BrFNOS/c1-16(8-10-3-2-6-18-10)13(17)11-5-4-9(14)7-12(11)15/h2-7H,8H2,1H3. The molecule has 2 rings (SSSR count). The van der Waals surface area contributed by atoms with Gasteiger partial charge in [0, 0.05) is 16.4 Å². The highest BCUT2D eigenvalue weighted by Gasteiger charge is 2.16. The average Bonchev–Trinajstić information content (AvgIpc) is 2.81. The normalized spacial score (nSPS) is 10.4.